The molecule has 1 aromatic carbocycles. The van der Waals surface area contributed by atoms with Crippen LogP contribution in [0.5, 0.6) is 0 Å². The number of thioether (sulfide) groups is 1. The van der Waals surface area contributed by atoms with Crippen LogP contribution in [-0.4, -0.2) is 42.6 Å². The summed E-state index contributed by atoms with van der Waals surface area (Å²) in [4.78, 5) is 40.6. The fraction of sp³-hybridized carbons (Fsp3) is 0.400. The summed E-state index contributed by atoms with van der Waals surface area (Å²) in [6.45, 7) is 3.97. The maximum Gasteiger partial charge on any atom is 0.339 e. The second-order valence-corrected chi connectivity index (χ2v) is 8.06. The summed E-state index contributed by atoms with van der Waals surface area (Å²) in [6.07, 6.45) is 0.700. The van der Waals surface area contributed by atoms with Gasteiger partial charge in [-0.1, -0.05) is 12.1 Å². The quantitative estimate of drug-likeness (QED) is 0.328. The number of benzene rings is 1. The van der Waals surface area contributed by atoms with E-state index in [1.54, 1.807) is 30.4 Å². The third-order valence-electron chi connectivity index (χ3n) is 3.67. The van der Waals surface area contributed by atoms with Crippen molar-refractivity contribution in [3.63, 3.8) is 0 Å². The van der Waals surface area contributed by atoms with E-state index in [1.807, 2.05) is 24.4 Å². The first kappa shape index (κ1) is 22.9. The van der Waals surface area contributed by atoms with Gasteiger partial charge in [-0.15, -0.1) is 23.1 Å². The van der Waals surface area contributed by atoms with Crippen molar-refractivity contribution in [1.29, 1.82) is 0 Å². The van der Waals surface area contributed by atoms with Crippen molar-refractivity contribution in [2.75, 3.05) is 19.8 Å². The molecule has 1 heterocycles. The predicted molar refractivity (Wildman–Crippen MR) is 112 cm³/mol. The number of aromatic nitrogens is 1. The van der Waals surface area contributed by atoms with Gasteiger partial charge in [-0.3, -0.25) is 9.59 Å². The minimum atomic E-state index is -0.552. The van der Waals surface area contributed by atoms with Gasteiger partial charge in [0.05, 0.1) is 22.9 Å². The summed E-state index contributed by atoms with van der Waals surface area (Å²) in [6, 6.07) is 7.12. The van der Waals surface area contributed by atoms with Gasteiger partial charge in [0.1, 0.15) is 0 Å². The number of nitrogens with zero attached hydrogens (tertiary/aromatic N) is 1. The lowest BCUT2D eigenvalue weighted by Crippen LogP contribution is -2.30. The van der Waals surface area contributed by atoms with Gasteiger partial charge in [0.2, 0.25) is 0 Å². The smallest absolute Gasteiger partial charge is 0.339 e. The van der Waals surface area contributed by atoms with Crippen LogP contribution in [0.15, 0.2) is 34.5 Å². The number of carbonyl (C=O) groups is 3. The maximum atomic E-state index is 12.4. The highest BCUT2D eigenvalue weighted by atomic mass is 32.2. The number of esters is 2. The van der Waals surface area contributed by atoms with Crippen LogP contribution in [0.2, 0.25) is 0 Å². The highest BCUT2D eigenvalue weighted by Crippen LogP contribution is 2.27. The van der Waals surface area contributed by atoms with Gasteiger partial charge in [-0.25, -0.2) is 9.78 Å². The normalized spacial score (nSPS) is 10.4. The molecule has 0 spiro atoms. The number of nitrogens with one attached hydrogen (secondary N) is 1. The van der Waals surface area contributed by atoms with Crippen molar-refractivity contribution in [1.82, 2.24) is 10.3 Å². The molecule has 1 aromatic heterocycles. The lowest BCUT2D eigenvalue weighted by atomic mass is 10.2. The molecule has 7 nitrogen and oxygen atoms in total. The fourth-order valence-electron chi connectivity index (χ4n) is 2.34. The summed E-state index contributed by atoms with van der Waals surface area (Å²) in [5.41, 5.74) is 1.38. The van der Waals surface area contributed by atoms with Crippen molar-refractivity contribution in [3.8, 4) is 0 Å². The Bertz CT molecular complexity index is 838. The third-order valence-corrected chi connectivity index (χ3v) is 5.60. The molecule has 2 aromatic rings. The molecule has 156 valence electrons. The average molecular weight is 437 g/mol. The minimum Gasteiger partial charge on any atom is -0.466 e. The number of carbonyl (C=O) groups excluding carboxylic acids is 3. The van der Waals surface area contributed by atoms with E-state index in [0.29, 0.717) is 30.9 Å². The first-order chi connectivity index (χ1) is 14.0. The molecule has 0 bridgehead atoms. The van der Waals surface area contributed by atoms with Gasteiger partial charge in [-0.2, -0.15) is 0 Å². The molecule has 0 aliphatic heterocycles. The van der Waals surface area contributed by atoms with Crippen LogP contribution in [0.3, 0.4) is 0 Å². The summed E-state index contributed by atoms with van der Waals surface area (Å²) in [5, 5.41) is 5.61. The standard InChI is InChI=1S/C20H24N2O5S2/c1-3-26-19(24)9-6-10-21-18(23)11-27-20(25)16-7-4-5-8-17(16)29-13-15-12-28-14(2)22-15/h4-5,7-8,12H,3,6,9-11,13H2,1-2H3,(H,21,23). The van der Waals surface area contributed by atoms with Crippen LogP contribution in [0, 0.1) is 6.92 Å². The van der Waals surface area contributed by atoms with Crippen molar-refractivity contribution in [2.24, 2.45) is 0 Å². The van der Waals surface area contributed by atoms with Crippen LogP contribution >= 0.6 is 23.1 Å². The van der Waals surface area contributed by atoms with Crippen LogP contribution < -0.4 is 5.32 Å². The molecular formula is C20H24N2O5S2. The van der Waals surface area contributed by atoms with Crippen LogP contribution in [0.4, 0.5) is 0 Å². The molecule has 2 rings (SSSR count). The molecule has 0 atom stereocenters. The first-order valence-corrected chi connectivity index (χ1v) is 11.1. The Morgan fingerprint density at radius 3 is 2.72 bits per heavy atom. The highest BCUT2D eigenvalue weighted by Gasteiger charge is 2.15. The summed E-state index contributed by atoms with van der Waals surface area (Å²) >= 11 is 3.09. The Labute approximate surface area is 178 Å². The van der Waals surface area contributed by atoms with E-state index in [0.717, 1.165) is 15.6 Å². The number of thiazole rings is 1. The summed E-state index contributed by atoms with van der Waals surface area (Å²) in [5.74, 6) is -0.611. The minimum absolute atomic E-state index is 0.233. The van der Waals surface area contributed by atoms with Crippen molar-refractivity contribution >= 4 is 40.9 Å². The predicted octanol–water partition coefficient (Wildman–Crippen LogP) is 3.36. The highest BCUT2D eigenvalue weighted by molar-refractivity contribution is 7.98. The molecule has 0 radical (unpaired) electrons. The van der Waals surface area contributed by atoms with Crippen molar-refractivity contribution < 1.29 is 23.9 Å². The average Bonchev–Trinajstić information content (AvgIpc) is 3.13. The Morgan fingerprint density at radius 2 is 2.00 bits per heavy atom. The summed E-state index contributed by atoms with van der Waals surface area (Å²) in [7, 11) is 0. The second kappa shape index (κ2) is 12.2. The number of hydrogen-bond donors (Lipinski definition) is 1. The SMILES string of the molecule is CCOC(=O)CCCNC(=O)COC(=O)c1ccccc1SCc1csc(C)n1. The number of ether oxygens (including phenoxy) is 2. The molecule has 0 saturated carbocycles. The van der Waals surface area contributed by atoms with E-state index in [2.05, 4.69) is 10.3 Å². The molecule has 0 fully saturated rings. The lowest BCUT2D eigenvalue weighted by Gasteiger charge is -2.09. The van der Waals surface area contributed by atoms with Gasteiger partial charge in [-0.05, 0) is 32.4 Å². The van der Waals surface area contributed by atoms with Gasteiger partial charge in [0, 0.05) is 29.0 Å². The molecule has 0 aliphatic carbocycles. The lowest BCUT2D eigenvalue weighted by molar-refractivity contribution is -0.143. The van der Waals surface area contributed by atoms with E-state index >= 15 is 0 Å². The van der Waals surface area contributed by atoms with E-state index in [4.69, 9.17) is 9.47 Å². The number of aryl methyl sites for hydroxylation is 1. The van der Waals surface area contributed by atoms with Crippen molar-refractivity contribution in [2.45, 2.75) is 37.3 Å². The molecule has 9 heteroatoms. The second-order valence-electron chi connectivity index (χ2n) is 5.98. The van der Waals surface area contributed by atoms with Crippen molar-refractivity contribution in [3.05, 3.63) is 45.9 Å². The van der Waals surface area contributed by atoms with Crippen LogP contribution in [0.1, 0.15) is 40.8 Å². The van der Waals surface area contributed by atoms with E-state index in [9.17, 15) is 14.4 Å². The van der Waals surface area contributed by atoms with Gasteiger partial charge >= 0.3 is 11.9 Å². The molecular weight excluding hydrogens is 412 g/mol. The fourth-order valence-corrected chi connectivity index (χ4v) is 3.99. The zero-order chi connectivity index (χ0) is 21.1. The number of rotatable bonds is 11. The van der Waals surface area contributed by atoms with Gasteiger partial charge in [0.15, 0.2) is 6.61 Å². The third kappa shape index (κ3) is 8.25. The molecule has 1 N–H and O–H groups in total. The molecule has 29 heavy (non-hydrogen) atoms. The number of amides is 1. The first-order valence-electron chi connectivity index (χ1n) is 9.22. The summed E-state index contributed by atoms with van der Waals surface area (Å²) < 4.78 is 9.94. The topological polar surface area (TPSA) is 94.6 Å². The molecule has 0 aliphatic rings. The molecule has 0 saturated heterocycles. The Morgan fingerprint density at radius 1 is 1.21 bits per heavy atom. The maximum absolute atomic E-state index is 12.4. The Balaban J connectivity index is 1.77. The monoisotopic (exact) mass is 436 g/mol. The Hall–Kier alpha value is -2.39. The van der Waals surface area contributed by atoms with Crippen LogP contribution in [-0.2, 0) is 24.8 Å². The Kier molecular flexibility index (Phi) is 9.66. The zero-order valence-electron chi connectivity index (χ0n) is 16.4. The van der Waals surface area contributed by atoms with E-state index in [-0.39, 0.29) is 19.0 Å². The zero-order valence-corrected chi connectivity index (χ0v) is 18.1. The number of hydrogen-bond acceptors (Lipinski definition) is 8. The largest absolute Gasteiger partial charge is 0.466 e. The van der Waals surface area contributed by atoms with E-state index in [1.165, 1.54) is 11.8 Å². The molecule has 1 amide bonds. The molecule has 0 unspecified atom stereocenters. The van der Waals surface area contributed by atoms with Gasteiger partial charge in [0.25, 0.3) is 5.91 Å². The van der Waals surface area contributed by atoms with E-state index < -0.39 is 11.9 Å². The van der Waals surface area contributed by atoms with Gasteiger partial charge < -0.3 is 14.8 Å². The van der Waals surface area contributed by atoms with Crippen LogP contribution in [0.25, 0.3) is 0 Å².